The van der Waals surface area contributed by atoms with Crippen molar-refractivity contribution in [3.05, 3.63) is 53.9 Å². The number of benzene rings is 1. The molecule has 0 saturated heterocycles. The van der Waals surface area contributed by atoms with E-state index in [1.165, 1.54) is 0 Å². The van der Waals surface area contributed by atoms with Crippen LogP contribution in [0, 0.1) is 0 Å². The van der Waals surface area contributed by atoms with Gasteiger partial charge in [-0.1, -0.05) is 18.2 Å². The maximum absolute atomic E-state index is 12.6. The van der Waals surface area contributed by atoms with Gasteiger partial charge in [0.15, 0.2) is 0 Å². The van der Waals surface area contributed by atoms with Gasteiger partial charge in [-0.25, -0.2) is 8.42 Å². The number of nitrogens with one attached hydrogen (secondary N) is 2. The summed E-state index contributed by atoms with van der Waals surface area (Å²) in [5.41, 5.74) is 1.84. The smallest absolute Gasteiger partial charge is 0.268 e. The van der Waals surface area contributed by atoms with Gasteiger partial charge in [0.25, 0.3) is 5.91 Å². The van der Waals surface area contributed by atoms with Crippen LogP contribution in [0.5, 0.6) is 0 Å². The predicted octanol–water partition coefficient (Wildman–Crippen LogP) is 2.69. The summed E-state index contributed by atoms with van der Waals surface area (Å²) in [7, 11) is -3.38. The molecule has 0 unspecified atom stereocenters. The van der Waals surface area contributed by atoms with Gasteiger partial charge in [0.1, 0.15) is 5.69 Å². The molecule has 128 valence electrons. The minimum atomic E-state index is -3.38. The monoisotopic (exact) mass is 347 g/mol. The van der Waals surface area contributed by atoms with Crippen LogP contribution in [0.4, 0.5) is 5.69 Å². The lowest BCUT2D eigenvalue weighted by atomic mass is 10.1. The van der Waals surface area contributed by atoms with Crippen molar-refractivity contribution in [2.75, 3.05) is 11.0 Å². The second kappa shape index (κ2) is 6.32. The summed E-state index contributed by atoms with van der Waals surface area (Å²) < 4.78 is 27.5. The largest absolute Gasteiger partial charge is 0.344 e. The summed E-state index contributed by atoms with van der Waals surface area (Å²) in [4.78, 5) is 12.6. The zero-order chi connectivity index (χ0) is 17.3. The van der Waals surface area contributed by atoms with Crippen LogP contribution in [-0.4, -0.2) is 25.1 Å². The lowest BCUT2D eigenvalue weighted by molar-refractivity contribution is 0.0930. The van der Waals surface area contributed by atoms with Crippen LogP contribution in [0.2, 0.25) is 0 Å². The highest BCUT2D eigenvalue weighted by atomic mass is 32.2. The van der Waals surface area contributed by atoms with E-state index in [-0.39, 0.29) is 11.9 Å². The minimum absolute atomic E-state index is 0.159. The number of hydrogen-bond donors (Lipinski definition) is 2. The van der Waals surface area contributed by atoms with Crippen molar-refractivity contribution < 1.29 is 13.2 Å². The highest BCUT2D eigenvalue weighted by Gasteiger charge is 2.27. The Morgan fingerprint density at radius 2 is 1.92 bits per heavy atom. The molecule has 1 aliphatic rings. The highest BCUT2D eigenvalue weighted by molar-refractivity contribution is 7.92. The van der Waals surface area contributed by atoms with Gasteiger partial charge in [-0.15, -0.1) is 0 Å². The van der Waals surface area contributed by atoms with Crippen LogP contribution in [0.1, 0.15) is 47.9 Å². The molecule has 1 aromatic carbocycles. The van der Waals surface area contributed by atoms with Crippen LogP contribution in [0.15, 0.2) is 42.6 Å². The molecule has 0 bridgehead atoms. The zero-order valence-corrected chi connectivity index (χ0v) is 14.5. The molecule has 2 aromatic rings. The van der Waals surface area contributed by atoms with Crippen LogP contribution in [-0.2, 0) is 10.0 Å². The maximum atomic E-state index is 12.6. The first-order valence-electron chi connectivity index (χ1n) is 7.89. The normalized spacial score (nSPS) is 15.8. The van der Waals surface area contributed by atoms with Crippen LogP contribution < -0.4 is 10.0 Å². The van der Waals surface area contributed by atoms with Crippen molar-refractivity contribution in [1.82, 2.24) is 9.88 Å². The molecular formula is C17H21N3O3S. The molecule has 1 amide bonds. The Morgan fingerprint density at radius 3 is 2.58 bits per heavy atom. The quantitative estimate of drug-likeness (QED) is 0.843. The first-order valence-corrected chi connectivity index (χ1v) is 9.79. The molecule has 1 aromatic heterocycles. The number of carbonyl (C=O) groups is 1. The molecule has 1 aliphatic carbocycles. The second-order valence-electron chi connectivity index (χ2n) is 6.19. The number of rotatable bonds is 6. The standard InChI is InChI=1S/C17H21N3O3S/c1-12(14-6-3-4-7-15(14)19-24(2,22)23)18-17(21)16-8-5-11-20(16)13-9-10-13/h3-8,11-13,19H,9-10H2,1-2H3,(H,18,21)/t12-/m1/s1. The van der Waals surface area contributed by atoms with E-state index in [1.54, 1.807) is 24.3 Å². The van der Waals surface area contributed by atoms with Gasteiger partial charge in [-0.05, 0) is 43.5 Å². The van der Waals surface area contributed by atoms with Gasteiger partial charge in [0.2, 0.25) is 10.0 Å². The Morgan fingerprint density at radius 1 is 1.21 bits per heavy atom. The summed E-state index contributed by atoms with van der Waals surface area (Å²) in [6, 6.07) is 10.8. The minimum Gasteiger partial charge on any atom is -0.344 e. The van der Waals surface area contributed by atoms with Crippen molar-refractivity contribution in [3.8, 4) is 0 Å². The van der Waals surface area contributed by atoms with Gasteiger partial charge >= 0.3 is 0 Å². The topological polar surface area (TPSA) is 80.2 Å². The molecule has 24 heavy (non-hydrogen) atoms. The molecule has 1 heterocycles. The van der Waals surface area contributed by atoms with Crippen molar-refractivity contribution in [2.45, 2.75) is 31.8 Å². The number of carbonyl (C=O) groups excluding carboxylic acids is 1. The summed E-state index contributed by atoms with van der Waals surface area (Å²) >= 11 is 0. The number of para-hydroxylation sites is 1. The molecule has 1 atom stereocenters. The fourth-order valence-electron chi connectivity index (χ4n) is 2.77. The van der Waals surface area contributed by atoms with E-state index in [9.17, 15) is 13.2 Å². The Balaban J connectivity index is 1.78. The number of anilines is 1. The number of hydrogen-bond acceptors (Lipinski definition) is 3. The first kappa shape index (κ1) is 16.6. The van der Waals surface area contributed by atoms with E-state index in [0.29, 0.717) is 17.4 Å². The van der Waals surface area contributed by atoms with E-state index in [0.717, 1.165) is 24.7 Å². The molecular weight excluding hydrogens is 326 g/mol. The average Bonchev–Trinajstić information content (AvgIpc) is 3.22. The molecule has 1 fully saturated rings. The number of nitrogens with zero attached hydrogens (tertiary/aromatic N) is 1. The third-order valence-electron chi connectivity index (χ3n) is 4.02. The molecule has 2 N–H and O–H groups in total. The summed E-state index contributed by atoms with van der Waals surface area (Å²) in [6.45, 7) is 1.84. The SMILES string of the molecule is C[C@@H](NC(=O)c1cccn1C1CC1)c1ccccc1NS(C)(=O)=O. The summed E-state index contributed by atoms with van der Waals surface area (Å²) in [5, 5.41) is 2.95. The number of sulfonamides is 1. The third kappa shape index (κ3) is 3.79. The van der Waals surface area contributed by atoms with E-state index in [2.05, 4.69) is 10.0 Å². The van der Waals surface area contributed by atoms with E-state index >= 15 is 0 Å². The third-order valence-corrected chi connectivity index (χ3v) is 4.61. The maximum Gasteiger partial charge on any atom is 0.268 e. The molecule has 6 nitrogen and oxygen atoms in total. The van der Waals surface area contributed by atoms with E-state index in [4.69, 9.17) is 0 Å². The Labute approximate surface area is 141 Å². The molecule has 1 saturated carbocycles. The fourth-order valence-corrected chi connectivity index (χ4v) is 3.36. The van der Waals surface area contributed by atoms with Crippen molar-refractivity contribution in [1.29, 1.82) is 0 Å². The summed E-state index contributed by atoms with van der Waals surface area (Å²) in [5.74, 6) is -0.159. The molecule has 0 radical (unpaired) electrons. The fraction of sp³-hybridized carbons (Fsp3) is 0.353. The summed E-state index contributed by atoms with van der Waals surface area (Å²) in [6.07, 6.45) is 5.24. The van der Waals surface area contributed by atoms with Crippen molar-refractivity contribution in [2.24, 2.45) is 0 Å². The van der Waals surface area contributed by atoms with Crippen LogP contribution in [0.3, 0.4) is 0 Å². The number of amides is 1. The zero-order valence-electron chi connectivity index (χ0n) is 13.7. The second-order valence-corrected chi connectivity index (χ2v) is 7.94. The lowest BCUT2D eigenvalue weighted by Gasteiger charge is -2.19. The lowest BCUT2D eigenvalue weighted by Crippen LogP contribution is -2.29. The van der Waals surface area contributed by atoms with E-state index in [1.807, 2.05) is 29.8 Å². The Bertz CT molecular complexity index is 853. The predicted molar refractivity (Wildman–Crippen MR) is 93.5 cm³/mol. The van der Waals surface area contributed by atoms with Gasteiger partial charge in [0.05, 0.1) is 18.0 Å². The average molecular weight is 347 g/mol. The van der Waals surface area contributed by atoms with Crippen molar-refractivity contribution in [3.63, 3.8) is 0 Å². The first-order chi connectivity index (χ1) is 11.3. The van der Waals surface area contributed by atoms with Gasteiger partial charge in [-0.2, -0.15) is 0 Å². The molecule has 0 spiro atoms. The molecule has 0 aliphatic heterocycles. The van der Waals surface area contributed by atoms with Crippen molar-refractivity contribution >= 4 is 21.6 Å². The molecule has 7 heteroatoms. The molecule has 3 rings (SSSR count). The highest BCUT2D eigenvalue weighted by Crippen LogP contribution is 2.36. The Hall–Kier alpha value is -2.28. The number of aromatic nitrogens is 1. The van der Waals surface area contributed by atoms with Gasteiger partial charge < -0.3 is 9.88 Å². The van der Waals surface area contributed by atoms with Gasteiger partial charge in [-0.3, -0.25) is 9.52 Å². The van der Waals surface area contributed by atoms with Crippen LogP contribution in [0.25, 0.3) is 0 Å². The van der Waals surface area contributed by atoms with Gasteiger partial charge in [0, 0.05) is 12.2 Å². The van der Waals surface area contributed by atoms with E-state index < -0.39 is 10.0 Å². The van der Waals surface area contributed by atoms with Crippen LogP contribution >= 0.6 is 0 Å². The Kier molecular flexibility index (Phi) is 4.36.